The zero-order valence-electron chi connectivity index (χ0n) is 13.9. The Morgan fingerprint density at radius 2 is 1.76 bits per heavy atom. The molecule has 2 aromatic carbocycles. The lowest BCUT2D eigenvalue weighted by Crippen LogP contribution is -2.07. The Morgan fingerprint density at radius 1 is 1.00 bits per heavy atom. The number of nitrogens with zero attached hydrogens (tertiary/aromatic N) is 2. The molecule has 128 valence electrons. The lowest BCUT2D eigenvalue weighted by Gasteiger charge is -2.10. The molecular weight excluding hydrogens is 380 g/mol. The van der Waals surface area contributed by atoms with Crippen LogP contribution in [0.3, 0.4) is 0 Å². The van der Waals surface area contributed by atoms with Crippen molar-refractivity contribution in [1.82, 2.24) is 9.97 Å². The number of aromatic nitrogens is 2. The van der Waals surface area contributed by atoms with Gasteiger partial charge in [-0.1, -0.05) is 24.3 Å². The second-order valence-electron chi connectivity index (χ2n) is 5.42. The largest absolute Gasteiger partial charge is 0.497 e. The van der Waals surface area contributed by atoms with Gasteiger partial charge in [0.1, 0.15) is 23.7 Å². The summed E-state index contributed by atoms with van der Waals surface area (Å²) in [6.07, 6.45) is 2.45. The zero-order chi connectivity index (χ0) is 17.5. The minimum atomic E-state index is 0.744. The molecule has 0 aliphatic heterocycles. The van der Waals surface area contributed by atoms with E-state index in [4.69, 9.17) is 4.74 Å². The highest BCUT2D eigenvalue weighted by Crippen LogP contribution is 2.24. The summed E-state index contributed by atoms with van der Waals surface area (Å²) < 4.78 is 6.16. The highest BCUT2D eigenvalue weighted by molar-refractivity contribution is 9.10. The standard InChI is InChI=1S/C19H19BrN4O/c1-25-15-8-6-14(7-9-15)10-11-21-18-12-19(23-13-22-18)24-17-5-3-2-4-16(17)20/h2-9,12-13H,10-11H2,1H3,(H2,21,22,23,24). The van der Waals surface area contributed by atoms with E-state index >= 15 is 0 Å². The van der Waals surface area contributed by atoms with Crippen LogP contribution in [0, 0.1) is 0 Å². The molecule has 0 saturated heterocycles. The summed E-state index contributed by atoms with van der Waals surface area (Å²) in [5, 5.41) is 6.61. The minimum absolute atomic E-state index is 0.744. The molecule has 25 heavy (non-hydrogen) atoms. The number of anilines is 3. The Hall–Kier alpha value is -2.60. The average Bonchev–Trinajstić information content (AvgIpc) is 2.65. The monoisotopic (exact) mass is 398 g/mol. The Bertz CT molecular complexity index is 824. The third-order valence-corrected chi connectivity index (χ3v) is 4.37. The topological polar surface area (TPSA) is 59.1 Å². The summed E-state index contributed by atoms with van der Waals surface area (Å²) in [4.78, 5) is 8.53. The average molecular weight is 399 g/mol. The van der Waals surface area contributed by atoms with Gasteiger partial charge in [0.2, 0.25) is 0 Å². The third kappa shape index (κ3) is 4.93. The number of rotatable bonds is 7. The van der Waals surface area contributed by atoms with Crippen molar-refractivity contribution in [1.29, 1.82) is 0 Å². The molecule has 3 rings (SSSR count). The number of nitrogens with one attached hydrogen (secondary N) is 2. The van der Waals surface area contributed by atoms with Crippen LogP contribution in [0.5, 0.6) is 5.75 Å². The number of methoxy groups -OCH3 is 1. The van der Waals surface area contributed by atoms with Gasteiger partial charge >= 0.3 is 0 Å². The molecule has 1 aromatic heterocycles. The third-order valence-electron chi connectivity index (χ3n) is 3.68. The molecule has 0 fully saturated rings. The molecule has 2 N–H and O–H groups in total. The Labute approximate surface area is 155 Å². The van der Waals surface area contributed by atoms with Crippen LogP contribution in [-0.2, 0) is 6.42 Å². The molecule has 5 nitrogen and oxygen atoms in total. The van der Waals surface area contributed by atoms with E-state index in [9.17, 15) is 0 Å². The van der Waals surface area contributed by atoms with Crippen molar-refractivity contribution >= 4 is 33.3 Å². The zero-order valence-corrected chi connectivity index (χ0v) is 15.5. The maximum atomic E-state index is 5.17. The SMILES string of the molecule is COc1ccc(CCNc2cc(Nc3ccccc3Br)ncn2)cc1. The number of hydrogen-bond donors (Lipinski definition) is 2. The summed E-state index contributed by atoms with van der Waals surface area (Å²) in [5.41, 5.74) is 2.21. The molecule has 0 bridgehead atoms. The number of para-hydroxylation sites is 1. The Kier molecular flexibility index (Phi) is 5.85. The molecule has 0 amide bonds. The molecule has 0 spiro atoms. The van der Waals surface area contributed by atoms with Gasteiger partial charge in [0, 0.05) is 17.1 Å². The van der Waals surface area contributed by atoms with Gasteiger partial charge < -0.3 is 15.4 Å². The first-order valence-corrected chi connectivity index (χ1v) is 8.74. The summed E-state index contributed by atoms with van der Waals surface area (Å²) in [6.45, 7) is 0.789. The number of ether oxygens (including phenoxy) is 1. The molecule has 0 atom stereocenters. The predicted octanol–water partition coefficient (Wildman–Crippen LogP) is 4.65. The van der Waals surface area contributed by atoms with Crippen molar-refractivity contribution in [3.05, 3.63) is 71.0 Å². The lowest BCUT2D eigenvalue weighted by molar-refractivity contribution is 0.414. The van der Waals surface area contributed by atoms with Crippen LogP contribution in [0.4, 0.5) is 17.3 Å². The maximum absolute atomic E-state index is 5.17. The first-order valence-electron chi connectivity index (χ1n) is 7.95. The second-order valence-corrected chi connectivity index (χ2v) is 6.27. The minimum Gasteiger partial charge on any atom is -0.497 e. The summed E-state index contributed by atoms with van der Waals surface area (Å²) in [5.74, 6) is 2.40. The van der Waals surface area contributed by atoms with Crippen molar-refractivity contribution in [3.8, 4) is 5.75 Å². The van der Waals surface area contributed by atoms with Crippen LogP contribution in [-0.4, -0.2) is 23.6 Å². The van der Waals surface area contributed by atoms with Gasteiger partial charge in [-0.15, -0.1) is 0 Å². The first-order chi connectivity index (χ1) is 12.2. The Morgan fingerprint density at radius 3 is 2.52 bits per heavy atom. The molecular formula is C19H19BrN4O. The van der Waals surface area contributed by atoms with Gasteiger partial charge in [-0.2, -0.15) is 0 Å². The van der Waals surface area contributed by atoms with E-state index in [1.54, 1.807) is 13.4 Å². The maximum Gasteiger partial charge on any atom is 0.135 e. The van der Waals surface area contributed by atoms with Crippen molar-refractivity contribution in [3.63, 3.8) is 0 Å². The van der Waals surface area contributed by atoms with E-state index in [1.807, 2.05) is 42.5 Å². The van der Waals surface area contributed by atoms with Crippen LogP contribution in [0.2, 0.25) is 0 Å². The van der Waals surface area contributed by atoms with E-state index in [2.05, 4.69) is 48.7 Å². The first kappa shape index (κ1) is 17.2. The summed E-state index contributed by atoms with van der Waals surface area (Å²) >= 11 is 3.52. The van der Waals surface area contributed by atoms with Gasteiger partial charge in [0.15, 0.2) is 0 Å². The molecule has 1 heterocycles. The quantitative estimate of drug-likeness (QED) is 0.606. The second kappa shape index (κ2) is 8.48. The fraction of sp³-hybridized carbons (Fsp3) is 0.158. The van der Waals surface area contributed by atoms with E-state index in [0.29, 0.717) is 0 Å². The van der Waals surface area contributed by atoms with Crippen LogP contribution < -0.4 is 15.4 Å². The summed E-state index contributed by atoms with van der Waals surface area (Å²) in [6, 6.07) is 17.9. The molecule has 0 aliphatic rings. The van der Waals surface area contributed by atoms with Gasteiger partial charge in [-0.05, 0) is 52.2 Å². The van der Waals surface area contributed by atoms with Crippen LogP contribution in [0.15, 0.2) is 65.4 Å². The van der Waals surface area contributed by atoms with E-state index in [1.165, 1.54) is 5.56 Å². The van der Waals surface area contributed by atoms with Gasteiger partial charge in [0.05, 0.1) is 12.8 Å². The molecule has 3 aromatic rings. The van der Waals surface area contributed by atoms with Gasteiger partial charge in [0.25, 0.3) is 0 Å². The number of benzene rings is 2. The van der Waals surface area contributed by atoms with E-state index in [-0.39, 0.29) is 0 Å². The van der Waals surface area contributed by atoms with Crippen molar-refractivity contribution in [2.45, 2.75) is 6.42 Å². The fourth-order valence-electron chi connectivity index (χ4n) is 2.35. The van der Waals surface area contributed by atoms with Crippen LogP contribution in [0.1, 0.15) is 5.56 Å². The smallest absolute Gasteiger partial charge is 0.135 e. The van der Waals surface area contributed by atoms with Crippen molar-refractivity contribution in [2.75, 3.05) is 24.3 Å². The molecule has 0 radical (unpaired) electrons. The highest BCUT2D eigenvalue weighted by atomic mass is 79.9. The molecule has 0 saturated carbocycles. The highest BCUT2D eigenvalue weighted by Gasteiger charge is 2.02. The van der Waals surface area contributed by atoms with Gasteiger partial charge in [-0.3, -0.25) is 0 Å². The summed E-state index contributed by atoms with van der Waals surface area (Å²) in [7, 11) is 1.67. The molecule has 0 aliphatic carbocycles. The van der Waals surface area contributed by atoms with Crippen molar-refractivity contribution < 1.29 is 4.74 Å². The lowest BCUT2D eigenvalue weighted by atomic mass is 10.1. The normalized spacial score (nSPS) is 10.3. The fourth-order valence-corrected chi connectivity index (χ4v) is 2.73. The Balaban J connectivity index is 1.57. The van der Waals surface area contributed by atoms with Crippen molar-refractivity contribution in [2.24, 2.45) is 0 Å². The molecule has 0 unspecified atom stereocenters. The van der Waals surface area contributed by atoms with E-state index in [0.717, 1.165) is 40.5 Å². The van der Waals surface area contributed by atoms with Crippen LogP contribution in [0.25, 0.3) is 0 Å². The molecule has 6 heteroatoms. The number of halogens is 1. The number of hydrogen-bond acceptors (Lipinski definition) is 5. The van der Waals surface area contributed by atoms with Gasteiger partial charge in [-0.25, -0.2) is 9.97 Å². The van der Waals surface area contributed by atoms with E-state index < -0.39 is 0 Å². The predicted molar refractivity (Wildman–Crippen MR) is 105 cm³/mol. The van der Waals surface area contributed by atoms with Crippen LogP contribution >= 0.6 is 15.9 Å².